The van der Waals surface area contributed by atoms with Gasteiger partial charge in [0.15, 0.2) is 0 Å². The molecule has 1 atom stereocenters. The van der Waals surface area contributed by atoms with Crippen molar-refractivity contribution in [2.45, 2.75) is 12.5 Å². The van der Waals surface area contributed by atoms with Crippen LogP contribution in [0.15, 0.2) is 24.3 Å². The van der Waals surface area contributed by atoms with Crippen molar-refractivity contribution in [3.63, 3.8) is 0 Å². The van der Waals surface area contributed by atoms with Crippen molar-refractivity contribution in [2.75, 3.05) is 18.0 Å². The summed E-state index contributed by atoms with van der Waals surface area (Å²) in [5.41, 5.74) is 12.9. The highest BCUT2D eigenvalue weighted by atomic mass is 16.2. The number of nitrogens with zero attached hydrogens (tertiary/aromatic N) is 1. The lowest BCUT2D eigenvalue weighted by atomic mass is 9.97. The van der Waals surface area contributed by atoms with E-state index in [9.17, 15) is 9.59 Å². The van der Waals surface area contributed by atoms with Crippen LogP contribution in [0.2, 0.25) is 0 Å². The Morgan fingerprint density at radius 1 is 1.39 bits per heavy atom. The first-order valence-electron chi connectivity index (χ1n) is 5.76. The molecular weight excluding hydrogens is 232 g/mol. The van der Waals surface area contributed by atoms with E-state index < -0.39 is 11.9 Å². The first-order chi connectivity index (χ1) is 8.58. The first kappa shape index (κ1) is 12.4. The second-order valence-electron chi connectivity index (χ2n) is 4.29. The molecular formula is C12H16N4O2. The molecule has 1 aromatic carbocycles. The highest BCUT2D eigenvalue weighted by Crippen LogP contribution is 2.31. The van der Waals surface area contributed by atoms with Gasteiger partial charge in [0.05, 0.1) is 6.54 Å². The van der Waals surface area contributed by atoms with E-state index >= 15 is 0 Å². The van der Waals surface area contributed by atoms with Gasteiger partial charge >= 0.3 is 6.03 Å². The predicted molar refractivity (Wildman–Crippen MR) is 67.9 cm³/mol. The average Bonchev–Trinajstić information content (AvgIpc) is 2.32. The summed E-state index contributed by atoms with van der Waals surface area (Å²) in [6, 6.07) is 6.87. The third kappa shape index (κ3) is 2.60. The van der Waals surface area contributed by atoms with E-state index in [2.05, 4.69) is 5.32 Å². The molecule has 1 aliphatic rings. The Morgan fingerprint density at radius 3 is 2.83 bits per heavy atom. The highest BCUT2D eigenvalue weighted by Gasteiger charge is 2.23. The Bertz CT molecular complexity index is 475. The monoisotopic (exact) mass is 248 g/mol. The van der Waals surface area contributed by atoms with Crippen LogP contribution in [0.4, 0.5) is 10.5 Å². The number of benzene rings is 1. The number of amides is 3. The summed E-state index contributed by atoms with van der Waals surface area (Å²) < 4.78 is 0. The van der Waals surface area contributed by atoms with Crippen LogP contribution in [-0.4, -0.2) is 25.0 Å². The molecule has 3 amide bonds. The fraction of sp³-hybridized carbons (Fsp3) is 0.333. The normalized spacial score (nSPS) is 18.1. The maximum absolute atomic E-state index is 11.5. The topological polar surface area (TPSA) is 101 Å². The minimum atomic E-state index is -0.831. The molecule has 18 heavy (non-hydrogen) atoms. The molecule has 5 N–H and O–H groups in total. The second kappa shape index (κ2) is 5.05. The van der Waals surface area contributed by atoms with Gasteiger partial charge in [0, 0.05) is 18.3 Å². The molecule has 0 saturated carbocycles. The number of hydrogen-bond acceptors (Lipinski definition) is 4. The van der Waals surface area contributed by atoms with E-state index in [1.807, 2.05) is 29.2 Å². The molecule has 0 radical (unpaired) electrons. The van der Waals surface area contributed by atoms with Crippen molar-refractivity contribution in [2.24, 2.45) is 11.5 Å². The number of primary amides is 1. The summed E-state index contributed by atoms with van der Waals surface area (Å²) >= 11 is 0. The fourth-order valence-corrected chi connectivity index (χ4v) is 2.17. The number of nitrogens with one attached hydrogen (secondary N) is 1. The maximum atomic E-state index is 11.5. The van der Waals surface area contributed by atoms with Crippen molar-refractivity contribution >= 4 is 17.6 Å². The Morgan fingerprint density at radius 2 is 2.11 bits per heavy atom. The number of anilines is 1. The summed E-state index contributed by atoms with van der Waals surface area (Å²) in [5.74, 6) is -0.409. The van der Waals surface area contributed by atoms with E-state index in [0.29, 0.717) is 6.54 Å². The van der Waals surface area contributed by atoms with Crippen LogP contribution >= 0.6 is 0 Å². The number of urea groups is 1. The number of carbonyl (C=O) groups excluding carboxylic acids is 2. The van der Waals surface area contributed by atoms with Crippen LogP contribution in [0.1, 0.15) is 18.0 Å². The lowest BCUT2D eigenvalue weighted by Crippen LogP contribution is -2.44. The molecule has 0 fully saturated rings. The average molecular weight is 248 g/mol. The molecule has 2 rings (SSSR count). The summed E-state index contributed by atoms with van der Waals surface area (Å²) in [7, 11) is 0. The van der Waals surface area contributed by atoms with Crippen LogP contribution in [0, 0.1) is 0 Å². The smallest absolute Gasteiger partial charge is 0.318 e. The highest BCUT2D eigenvalue weighted by molar-refractivity contribution is 5.95. The number of nitrogens with two attached hydrogens (primary N) is 2. The molecule has 0 bridgehead atoms. The van der Waals surface area contributed by atoms with E-state index in [0.717, 1.165) is 17.7 Å². The second-order valence-corrected chi connectivity index (χ2v) is 4.29. The van der Waals surface area contributed by atoms with Gasteiger partial charge in [0.1, 0.15) is 0 Å². The molecule has 0 aliphatic carbocycles. The van der Waals surface area contributed by atoms with Gasteiger partial charge in [-0.25, -0.2) is 4.79 Å². The number of carbonyl (C=O) groups is 2. The zero-order chi connectivity index (χ0) is 13.1. The van der Waals surface area contributed by atoms with E-state index in [1.165, 1.54) is 0 Å². The first-order valence-corrected chi connectivity index (χ1v) is 5.76. The van der Waals surface area contributed by atoms with Gasteiger partial charge in [-0.15, -0.1) is 0 Å². The van der Waals surface area contributed by atoms with Crippen molar-refractivity contribution < 1.29 is 9.59 Å². The van der Waals surface area contributed by atoms with Crippen molar-refractivity contribution in [1.29, 1.82) is 0 Å². The Kier molecular flexibility index (Phi) is 3.47. The third-order valence-corrected chi connectivity index (χ3v) is 2.98. The van der Waals surface area contributed by atoms with Crippen molar-refractivity contribution in [1.82, 2.24) is 5.32 Å². The summed E-state index contributed by atoms with van der Waals surface area (Å²) in [4.78, 5) is 24.0. The predicted octanol–water partition coefficient (Wildman–Crippen LogP) is 0.0914. The molecule has 0 aromatic heterocycles. The van der Waals surface area contributed by atoms with Gasteiger partial charge < -0.3 is 16.4 Å². The molecule has 1 heterocycles. The van der Waals surface area contributed by atoms with E-state index in [-0.39, 0.29) is 12.6 Å². The lowest BCUT2D eigenvalue weighted by Gasteiger charge is -2.33. The minimum absolute atomic E-state index is 0.00310. The van der Waals surface area contributed by atoms with E-state index in [1.54, 1.807) is 0 Å². The van der Waals surface area contributed by atoms with Crippen LogP contribution in [0.25, 0.3) is 0 Å². The molecule has 1 unspecified atom stereocenters. The Balaban J connectivity index is 2.14. The van der Waals surface area contributed by atoms with Crippen LogP contribution in [0.3, 0.4) is 0 Å². The third-order valence-electron chi connectivity index (χ3n) is 2.98. The Labute approximate surface area is 105 Å². The van der Waals surface area contributed by atoms with Crippen molar-refractivity contribution in [3.05, 3.63) is 29.8 Å². The molecule has 0 spiro atoms. The van der Waals surface area contributed by atoms with Gasteiger partial charge in [-0.2, -0.15) is 0 Å². The summed E-state index contributed by atoms with van der Waals surface area (Å²) in [6.07, 6.45) is 0.779. The maximum Gasteiger partial charge on any atom is 0.318 e. The zero-order valence-corrected chi connectivity index (χ0v) is 9.93. The van der Waals surface area contributed by atoms with E-state index in [4.69, 9.17) is 11.5 Å². The van der Waals surface area contributed by atoms with Gasteiger partial charge in [-0.1, -0.05) is 18.2 Å². The number of rotatable bonds is 2. The van der Waals surface area contributed by atoms with Crippen molar-refractivity contribution in [3.8, 4) is 0 Å². The fourth-order valence-electron chi connectivity index (χ4n) is 2.17. The zero-order valence-electron chi connectivity index (χ0n) is 9.93. The molecule has 96 valence electrons. The summed E-state index contributed by atoms with van der Waals surface area (Å²) in [5, 5.41) is 2.06. The lowest BCUT2D eigenvalue weighted by molar-refractivity contribution is -0.118. The van der Waals surface area contributed by atoms with Gasteiger partial charge in [-0.3, -0.25) is 10.1 Å². The van der Waals surface area contributed by atoms with Gasteiger partial charge in [0.2, 0.25) is 5.91 Å². The molecule has 0 saturated heterocycles. The number of fused-ring (bicyclic) bond motifs is 1. The van der Waals surface area contributed by atoms with Gasteiger partial charge in [-0.05, 0) is 18.1 Å². The molecule has 1 aliphatic heterocycles. The summed E-state index contributed by atoms with van der Waals surface area (Å²) in [6.45, 7) is 0.789. The van der Waals surface area contributed by atoms with Crippen LogP contribution < -0.4 is 21.7 Å². The van der Waals surface area contributed by atoms with Crippen LogP contribution in [-0.2, 0) is 4.79 Å². The largest absolute Gasteiger partial charge is 0.362 e. The molecule has 1 aromatic rings. The molecule has 6 heteroatoms. The van der Waals surface area contributed by atoms with Crippen LogP contribution in [0.5, 0.6) is 0 Å². The number of hydrogen-bond donors (Lipinski definition) is 3. The quantitative estimate of drug-likeness (QED) is 0.690. The number of imide groups is 1. The molecule has 6 nitrogen and oxygen atoms in total. The Hall–Kier alpha value is -2.08. The number of para-hydroxylation sites is 1. The standard InChI is InChI=1S/C12H16N4O2/c13-9-5-6-16(7-11(17)15-12(14)18)10-4-2-1-3-8(9)10/h1-4,9H,5-7,13H2,(H3,14,15,17,18). The SMILES string of the molecule is NC(=O)NC(=O)CN1CCC(N)c2ccccc21. The minimum Gasteiger partial charge on any atom is -0.362 e. The van der Waals surface area contributed by atoms with Gasteiger partial charge in [0.25, 0.3) is 0 Å².